The van der Waals surface area contributed by atoms with E-state index >= 15 is 0 Å². The molecule has 0 saturated carbocycles. The molecule has 0 saturated heterocycles. The molecule has 7 aromatic carbocycles. The summed E-state index contributed by atoms with van der Waals surface area (Å²) < 4.78 is 10.0. The average molecular weight is 621 g/mol. The second kappa shape index (κ2) is 9.24. The van der Waals surface area contributed by atoms with Crippen LogP contribution in [0.1, 0.15) is 49.9 Å². The van der Waals surface area contributed by atoms with Crippen LogP contribution in [-0.2, 0) is 10.8 Å². The molecule has 47 heavy (non-hydrogen) atoms. The molecule has 8 aromatic rings. The van der Waals surface area contributed by atoms with Crippen molar-refractivity contribution in [3.8, 4) is 44.5 Å². The van der Waals surface area contributed by atoms with Crippen molar-refractivity contribution in [1.82, 2.24) is 8.75 Å². The number of hydrogen-bond acceptors (Lipinski definition) is 3. The standard InChI is InChI=1S/C44H32N2S/c1-43(2)35-23-27(31-17-9-13-25-11-5-7-15-29(25)31)19-21-33(35)37-39(43)40-38(42-41(37)45-47-46-42)34-22-20-28(24-36(34)44(40,3)4)32-18-10-14-26-12-6-8-16-30(26)32/h5-24H,1-4H3. The highest BCUT2D eigenvalue weighted by molar-refractivity contribution is 7.00. The van der Waals surface area contributed by atoms with Gasteiger partial charge in [0.25, 0.3) is 0 Å². The van der Waals surface area contributed by atoms with Crippen LogP contribution in [0.5, 0.6) is 0 Å². The molecule has 1 heterocycles. The van der Waals surface area contributed by atoms with Gasteiger partial charge in [0.15, 0.2) is 0 Å². The van der Waals surface area contributed by atoms with Gasteiger partial charge in [0.05, 0.1) is 11.7 Å². The van der Waals surface area contributed by atoms with Crippen molar-refractivity contribution in [2.45, 2.75) is 38.5 Å². The summed E-state index contributed by atoms with van der Waals surface area (Å²) in [7, 11) is 0. The third-order valence-electron chi connectivity index (χ3n) is 11.1. The van der Waals surface area contributed by atoms with Crippen LogP contribution >= 0.6 is 11.7 Å². The van der Waals surface area contributed by atoms with E-state index in [1.807, 2.05) is 0 Å². The molecule has 3 heteroatoms. The van der Waals surface area contributed by atoms with Crippen LogP contribution in [-0.4, -0.2) is 8.75 Å². The van der Waals surface area contributed by atoms with E-state index in [9.17, 15) is 0 Å². The lowest BCUT2D eigenvalue weighted by Gasteiger charge is -2.31. The second-order valence-electron chi connectivity index (χ2n) is 14.3. The molecule has 0 atom stereocenters. The summed E-state index contributed by atoms with van der Waals surface area (Å²) in [5.41, 5.74) is 17.4. The highest BCUT2D eigenvalue weighted by atomic mass is 32.1. The lowest BCUT2D eigenvalue weighted by Crippen LogP contribution is -2.24. The topological polar surface area (TPSA) is 25.8 Å². The lowest BCUT2D eigenvalue weighted by molar-refractivity contribution is 0.602. The predicted octanol–water partition coefficient (Wildman–Crippen LogP) is 11.9. The summed E-state index contributed by atoms with van der Waals surface area (Å²) >= 11 is 1.34. The molecule has 0 aliphatic heterocycles. The van der Waals surface area contributed by atoms with Crippen LogP contribution in [0.25, 0.3) is 77.1 Å². The number of rotatable bonds is 2. The molecule has 10 rings (SSSR count). The van der Waals surface area contributed by atoms with Crippen LogP contribution < -0.4 is 0 Å². The number of benzene rings is 7. The van der Waals surface area contributed by atoms with Crippen LogP contribution in [0.4, 0.5) is 0 Å². The van der Waals surface area contributed by atoms with Gasteiger partial charge in [-0.3, -0.25) is 0 Å². The predicted molar refractivity (Wildman–Crippen MR) is 198 cm³/mol. The fourth-order valence-corrected chi connectivity index (χ4v) is 9.45. The van der Waals surface area contributed by atoms with Crippen LogP contribution in [0.15, 0.2) is 121 Å². The SMILES string of the molecule is CC1(C)c2cc(-c3cccc4ccccc34)ccc2-c2c1c1c(c3nsnc23)-c2ccc(-c3cccc4ccccc34)cc2C1(C)C. The van der Waals surface area contributed by atoms with Gasteiger partial charge in [0, 0.05) is 22.0 Å². The zero-order chi connectivity index (χ0) is 31.7. The molecule has 0 unspecified atom stereocenters. The van der Waals surface area contributed by atoms with Crippen molar-refractivity contribution >= 4 is 44.3 Å². The highest BCUT2D eigenvalue weighted by Gasteiger charge is 2.48. The molecule has 0 spiro atoms. The summed E-state index contributed by atoms with van der Waals surface area (Å²) in [6, 6.07) is 44.9. The fraction of sp³-hybridized carbons (Fsp3) is 0.136. The van der Waals surface area contributed by atoms with E-state index in [1.165, 1.54) is 100 Å². The molecular formula is C44H32N2S. The molecule has 2 aliphatic rings. The number of hydrogen-bond donors (Lipinski definition) is 0. The van der Waals surface area contributed by atoms with E-state index in [-0.39, 0.29) is 10.8 Å². The van der Waals surface area contributed by atoms with E-state index < -0.39 is 0 Å². The minimum absolute atomic E-state index is 0.217. The summed E-state index contributed by atoms with van der Waals surface area (Å²) in [6.07, 6.45) is 0. The van der Waals surface area contributed by atoms with Crippen molar-refractivity contribution in [3.05, 3.63) is 144 Å². The molecule has 0 N–H and O–H groups in total. The summed E-state index contributed by atoms with van der Waals surface area (Å²) in [6.45, 7) is 9.65. The average Bonchev–Trinajstić information content (AvgIpc) is 3.74. The smallest absolute Gasteiger partial charge is 0.113 e. The van der Waals surface area contributed by atoms with Gasteiger partial charge in [-0.25, -0.2) is 0 Å². The van der Waals surface area contributed by atoms with Gasteiger partial charge in [0.1, 0.15) is 11.0 Å². The lowest BCUT2D eigenvalue weighted by atomic mass is 9.72. The van der Waals surface area contributed by atoms with Crippen molar-refractivity contribution in [2.24, 2.45) is 0 Å². The normalized spacial score (nSPS) is 15.1. The molecule has 1 aromatic heterocycles. The third-order valence-corrected chi connectivity index (χ3v) is 11.6. The van der Waals surface area contributed by atoms with Crippen molar-refractivity contribution in [2.75, 3.05) is 0 Å². The van der Waals surface area contributed by atoms with Gasteiger partial charge in [-0.15, -0.1) is 0 Å². The first kappa shape index (κ1) is 27.0. The van der Waals surface area contributed by atoms with E-state index in [0.29, 0.717) is 0 Å². The molecule has 224 valence electrons. The summed E-state index contributed by atoms with van der Waals surface area (Å²) in [5.74, 6) is 0. The number of aromatic nitrogens is 2. The molecule has 0 amide bonds. The first-order valence-corrected chi connectivity index (χ1v) is 17.2. The van der Waals surface area contributed by atoms with E-state index in [1.54, 1.807) is 0 Å². The fourth-order valence-electron chi connectivity index (χ4n) is 8.90. The number of nitrogens with zero attached hydrogens (tertiary/aromatic N) is 2. The quantitative estimate of drug-likeness (QED) is 0.192. The maximum Gasteiger partial charge on any atom is 0.113 e. The second-order valence-corrected chi connectivity index (χ2v) is 14.8. The van der Waals surface area contributed by atoms with Gasteiger partial charge in [-0.05, 0) is 89.3 Å². The zero-order valence-corrected chi connectivity index (χ0v) is 27.7. The maximum atomic E-state index is 5.00. The van der Waals surface area contributed by atoms with Gasteiger partial charge >= 0.3 is 0 Å². The Bertz CT molecular complexity index is 2450. The summed E-state index contributed by atoms with van der Waals surface area (Å²) in [5, 5.41) is 5.11. The Kier molecular flexibility index (Phi) is 5.32. The van der Waals surface area contributed by atoms with Gasteiger partial charge in [-0.2, -0.15) is 8.75 Å². The Morgan fingerprint density at radius 3 is 1.34 bits per heavy atom. The van der Waals surface area contributed by atoms with Crippen LogP contribution in [0.2, 0.25) is 0 Å². The molecule has 2 aliphatic carbocycles. The highest BCUT2D eigenvalue weighted by Crippen LogP contribution is 2.62. The Balaban J connectivity index is 1.21. The molecule has 0 bridgehead atoms. The third kappa shape index (κ3) is 3.50. The van der Waals surface area contributed by atoms with Gasteiger partial charge < -0.3 is 0 Å². The minimum Gasteiger partial charge on any atom is -0.172 e. The van der Waals surface area contributed by atoms with Crippen LogP contribution in [0, 0.1) is 0 Å². The first-order chi connectivity index (χ1) is 22.8. The largest absolute Gasteiger partial charge is 0.172 e. The molecule has 0 fully saturated rings. The van der Waals surface area contributed by atoms with E-state index in [0.717, 1.165) is 11.0 Å². The first-order valence-electron chi connectivity index (χ1n) is 16.4. The monoisotopic (exact) mass is 620 g/mol. The van der Waals surface area contributed by atoms with E-state index in [2.05, 4.69) is 149 Å². The molecular weight excluding hydrogens is 589 g/mol. The Hall–Kier alpha value is -5.12. The Morgan fingerprint density at radius 2 is 0.872 bits per heavy atom. The molecule has 0 radical (unpaired) electrons. The Labute approximate surface area is 278 Å². The van der Waals surface area contributed by atoms with Gasteiger partial charge in [-0.1, -0.05) is 137 Å². The van der Waals surface area contributed by atoms with E-state index in [4.69, 9.17) is 8.75 Å². The van der Waals surface area contributed by atoms with Crippen molar-refractivity contribution < 1.29 is 0 Å². The van der Waals surface area contributed by atoms with Crippen molar-refractivity contribution in [3.63, 3.8) is 0 Å². The Morgan fingerprint density at radius 1 is 0.447 bits per heavy atom. The summed E-state index contributed by atoms with van der Waals surface area (Å²) in [4.78, 5) is 0. The zero-order valence-electron chi connectivity index (χ0n) is 26.8. The minimum atomic E-state index is -0.217. The van der Waals surface area contributed by atoms with Crippen molar-refractivity contribution in [1.29, 1.82) is 0 Å². The van der Waals surface area contributed by atoms with Crippen LogP contribution in [0.3, 0.4) is 0 Å². The maximum absolute atomic E-state index is 5.00. The number of fused-ring (bicyclic) bond motifs is 12. The van der Waals surface area contributed by atoms with Gasteiger partial charge in [0.2, 0.25) is 0 Å². The molecule has 2 nitrogen and oxygen atoms in total.